The number of aliphatic hydroxyl groups is 1. The predicted octanol–water partition coefficient (Wildman–Crippen LogP) is 1.97. The number of aliphatic hydroxyl groups excluding tert-OH is 1. The van der Waals surface area contributed by atoms with E-state index in [2.05, 4.69) is 11.5 Å². The highest BCUT2D eigenvalue weighted by molar-refractivity contribution is 6.29. The van der Waals surface area contributed by atoms with E-state index < -0.39 is 0 Å². The Bertz CT molecular complexity index is 182. The van der Waals surface area contributed by atoms with Gasteiger partial charge in [0.05, 0.1) is 6.10 Å². The molecule has 1 fully saturated rings. The van der Waals surface area contributed by atoms with Gasteiger partial charge in [-0.05, 0) is 26.3 Å². The van der Waals surface area contributed by atoms with Crippen molar-refractivity contribution in [1.29, 1.82) is 0 Å². The van der Waals surface area contributed by atoms with Crippen LogP contribution in [0.25, 0.3) is 0 Å². The molecule has 0 aromatic rings. The van der Waals surface area contributed by atoms with Gasteiger partial charge in [-0.2, -0.15) is 0 Å². The maximum absolute atomic E-state index is 9.55. The van der Waals surface area contributed by atoms with Crippen LogP contribution in [0.1, 0.15) is 26.2 Å². The Morgan fingerprint density at radius 3 is 2.92 bits per heavy atom. The van der Waals surface area contributed by atoms with Crippen molar-refractivity contribution < 1.29 is 5.11 Å². The lowest BCUT2D eigenvalue weighted by Crippen LogP contribution is -2.46. The molecule has 0 amide bonds. The number of nitrogens with zero attached hydrogens (tertiary/aromatic N) is 1. The summed E-state index contributed by atoms with van der Waals surface area (Å²) in [5.74, 6) is 0. The maximum atomic E-state index is 9.55. The zero-order valence-corrected chi connectivity index (χ0v) is 8.93. The van der Waals surface area contributed by atoms with Crippen molar-refractivity contribution in [2.24, 2.45) is 0 Å². The van der Waals surface area contributed by atoms with E-state index in [4.69, 9.17) is 11.6 Å². The molecule has 13 heavy (non-hydrogen) atoms. The van der Waals surface area contributed by atoms with Crippen LogP contribution in [0.3, 0.4) is 0 Å². The summed E-state index contributed by atoms with van der Waals surface area (Å²) in [5.41, 5.74) is 0. The number of piperidine rings is 1. The second kappa shape index (κ2) is 4.99. The first-order chi connectivity index (χ1) is 6.11. The molecule has 2 nitrogen and oxygen atoms in total. The molecule has 0 saturated carbocycles. The van der Waals surface area contributed by atoms with Gasteiger partial charge in [0, 0.05) is 17.6 Å². The Kier molecular flexibility index (Phi) is 4.23. The molecule has 0 radical (unpaired) electrons. The summed E-state index contributed by atoms with van der Waals surface area (Å²) in [6, 6.07) is 0.268. The number of hydrogen-bond acceptors (Lipinski definition) is 2. The quantitative estimate of drug-likeness (QED) is 0.759. The molecule has 76 valence electrons. The molecule has 1 rings (SSSR count). The van der Waals surface area contributed by atoms with E-state index in [0.29, 0.717) is 11.6 Å². The van der Waals surface area contributed by atoms with Crippen LogP contribution in [0.4, 0.5) is 0 Å². The third-order valence-corrected chi connectivity index (χ3v) is 2.72. The third kappa shape index (κ3) is 3.29. The highest BCUT2D eigenvalue weighted by atomic mass is 35.5. The Morgan fingerprint density at radius 2 is 2.38 bits per heavy atom. The van der Waals surface area contributed by atoms with Crippen molar-refractivity contribution in [3.63, 3.8) is 0 Å². The van der Waals surface area contributed by atoms with Crippen LogP contribution in [-0.2, 0) is 0 Å². The molecule has 1 N–H and O–H groups in total. The van der Waals surface area contributed by atoms with Crippen LogP contribution >= 0.6 is 11.6 Å². The minimum atomic E-state index is -0.267. The molecule has 0 aliphatic carbocycles. The predicted molar refractivity (Wildman–Crippen MR) is 55.9 cm³/mol. The highest BCUT2D eigenvalue weighted by Gasteiger charge is 2.25. The summed E-state index contributed by atoms with van der Waals surface area (Å²) in [6.07, 6.45) is 3.21. The third-order valence-electron chi connectivity index (χ3n) is 2.60. The minimum Gasteiger partial charge on any atom is -0.392 e. The van der Waals surface area contributed by atoms with Crippen molar-refractivity contribution in [3.05, 3.63) is 11.6 Å². The molecule has 0 aromatic carbocycles. The summed E-state index contributed by atoms with van der Waals surface area (Å²) in [4.78, 5) is 2.23. The summed E-state index contributed by atoms with van der Waals surface area (Å²) in [5, 5.41) is 10.2. The fourth-order valence-electron chi connectivity index (χ4n) is 1.98. The van der Waals surface area contributed by atoms with Gasteiger partial charge in [-0.1, -0.05) is 24.6 Å². The van der Waals surface area contributed by atoms with Crippen LogP contribution < -0.4 is 0 Å². The van der Waals surface area contributed by atoms with E-state index >= 15 is 0 Å². The van der Waals surface area contributed by atoms with E-state index in [1.54, 1.807) is 0 Å². The van der Waals surface area contributed by atoms with Crippen molar-refractivity contribution >= 4 is 11.6 Å². The lowest BCUT2D eigenvalue weighted by Gasteiger charge is -2.37. The molecule has 1 aliphatic rings. The zero-order chi connectivity index (χ0) is 9.84. The molecular formula is C10H18ClNO. The standard InChI is InChI=1S/C10H18ClNO/c1-8(11)7-12-6-4-3-5-10(12)9(2)13/h9-10,13H,1,3-7H2,2H3/t9-,10+/m1/s1. The largest absolute Gasteiger partial charge is 0.392 e. The molecule has 2 atom stereocenters. The van der Waals surface area contributed by atoms with Gasteiger partial charge in [0.1, 0.15) is 0 Å². The number of rotatable bonds is 3. The maximum Gasteiger partial charge on any atom is 0.0667 e. The van der Waals surface area contributed by atoms with E-state index in [-0.39, 0.29) is 12.1 Å². The monoisotopic (exact) mass is 203 g/mol. The molecule has 1 saturated heterocycles. The Labute approximate surface area is 85.2 Å². The first-order valence-electron chi connectivity index (χ1n) is 4.86. The molecule has 1 aliphatic heterocycles. The van der Waals surface area contributed by atoms with Gasteiger partial charge in [0.15, 0.2) is 0 Å². The summed E-state index contributed by atoms with van der Waals surface area (Å²) in [6.45, 7) is 7.27. The van der Waals surface area contributed by atoms with E-state index in [9.17, 15) is 5.11 Å². The second-order valence-electron chi connectivity index (χ2n) is 3.79. The SMILES string of the molecule is C=C(Cl)CN1CCCC[C@H]1[C@@H](C)O. The first-order valence-corrected chi connectivity index (χ1v) is 5.24. The molecule has 0 spiro atoms. The average molecular weight is 204 g/mol. The molecule has 3 heteroatoms. The van der Waals surface area contributed by atoms with Crippen LogP contribution in [0.15, 0.2) is 11.6 Å². The van der Waals surface area contributed by atoms with Crippen molar-refractivity contribution in [2.75, 3.05) is 13.1 Å². The van der Waals surface area contributed by atoms with E-state index in [1.165, 1.54) is 12.8 Å². The summed E-state index contributed by atoms with van der Waals surface area (Å²) in [7, 11) is 0. The first kappa shape index (κ1) is 11.0. The average Bonchev–Trinajstić information content (AvgIpc) is 2.03. The van der Waals surface area contributed by atoms with Gasteiger partial charge in [-0.15, -0.1) is 0 Å². The highest BCUT2D eigenvalue weighted by Crippen LogP contribution is 2.21. The van der Waals surface area contributed by atoms with E-state index in [1.807, 2.05) is 6.92 Å². The lowest BCUT2D eigenvalue weighted by molar-refractivity contribution is 0.0433. The van der Waals surface area contributed by atoms with Crippen molar-refractivity contribution in [2.45, 2.75) is 38.3 Å². The lowest BCUT2D eigenvalue weighted by atomic mass is 9.98. The molecule has 1 heterocycles. The van der Waals surface area contributed by atoms with Crippen LogP contribution in [0.2, 0.25) is 0 Å². The number of likely N-dealkylation sites (tertiary alicyclic amines) is 1. The topological polar surface area (TPSA) is 23.5 Å². The van der Waals surface area contributed by atoms with Crippen LogP contribution in [-0.4, -0.2) is 35.2 Å². The van der Waals surface area contributed by atoms with Gasteiger partial charge < -0.3 is 5.11 Å². The molecular weight excluding hydrogens is 186 g/mol. The van der Waals surface area contributed by atoms with Gasteiger partial charge >= 0.3 is 0 Å². The van der Waals surface area contributed by atoms with Gasteiger partial charge in [0.25, 0.3) is 0 Å². The van der Waals surface area contributed by atoms with Crippen LogP contribution in [0.5, 0.6) is 0 Å². The molecule has 0 bridgehead atoms. The summed E-state index contributed by atoms with van der Waals surface area (Å²) < 4.78 is 0. The number of halogens is 1. The van der Waals surface area contributed by atoms with Gasteiger partial charge in [-0.3, -0.25) is 4.90 Å². The fourth-order valence-corrected chi connectivity index (χ4v) is 2.13. The Hall–Kier alpha value is -0.0500. The molecule has 0 aromatic heterocycles. The van der Waals surface area contributed by atoms with Crippen molar-refractivity contribution in [3.8, 4) is 0 Å². The Balaban J connectivity index is 2.51. The zero-order valence-electron chi connectivity index (χ0n) is 8.17. The summed E-state index contributed by atoms with van der Waals surface area (Å²) >= 11 is 5.76. The normalized spacial score (nSPS) is 27.2. The van der Waals surface area contributed by atoms with Gasteiger partial charge in [-0.25, -0.2) is 0 Å². The second-order valence-corrected chi connectivity index (χ2v) is 4.33. The van der Waals surface area contributed by atoms with Crippen LogP contribution in [0, 0.1) is 0 Å². The minimum absolute atomic E-state index is 0.267. The Morgan fingerprint density at radius 1 is 1.69 bits per heavy atom. The fraction of sp³-hybridized carbons (Fsp3) is 0.800. The van der Waals surface area contributed by atoms with E-state index in [0.717, 1.165) is 13.0 Å². The smallest absolute Gasteiger partial charge is 0.0667 e. The van der Waals surface area contributed by atoms with Gasteiger partial charge in [0.2, 0.25) is 0 Å². The van der Waals surface area contributed by atoms with Crippen molar-refractivity contribution in [1.82, 2.24) is 4.90 Å². The molecule has 0 unspecified atom stereocenters. The number of hydrogen-bond donors (Lipinski definition) is 1.